The van der Waals surface area contributed by atoms with Gasteiger partial charge in [0.15, 0.2) is 11.5 Å². The summed E-state index contributed by atoms with van der Waals surface area (Å²) in [6.45, 7) is 1.53. The van der Waals surface area contributed by atoms with Crippen LogP contribution in [0.5, 0.6) is 11.5 Å². The maximum atomic E-state index is 12.1. The van der Waals surface area contributed by atoms with Crippen LogP contribution in [0.25, 0.3) is 0 Å². The van der Waals surface area contributed by atoms with Gasteiger partial charge in [-0.3, -0.25) is 0 Å². The molecule has 1 aromatic rings. The van der Waals surface area contributed by atoms with Crippen LogP contribution in [-0.2, 0) is 10.0 Å². The van der Waals surface area contributed by atoms with Crippen LogP contribution in [0.4, 0.5) is 0 Å². The molecule has 2 rings (SSSR count). The number of nitrogens with one attached hydrogen (secondary N) is 1. The Balaban J connectivity index is 0.00000180. The molecule has 1 aliphatic heterocycles. The van der Waals surface area contributed by atoms with Crippen molar-refractivity contribution in [2.75, 3.05) is 26.3 Å². The molecule has 1 aromatic carbocycles. The van der Waals surface area contributed by atoms with Gasteiger partial charge >= 0.3 is 0 Å². The molecule has 0 aromatic heterocycles. The number of rotatable bonds is 5. The molecule has 8 heteroatoms. The van der Waals surface area contributed by atoms with Gasteiger partial charge in [0.2, 0.25) is 10.0 Å². The standard InChI is InChI=1S/C11H16N2O4S.ClH/c12-5-2-6-13-18(14,15)10-4-1-3-9-11(10)17-8-7-16-9;/h1,3-4,13H,2,5-8,12H2;1H. The molecule has 0 radical (unpaired) electrons. The molecular formula is C11H17ClN2O4S. The lowest BCUT2D eigenvalue weighted by Crippen LogP contribution is -2.27. The molecule has 1 aliphatic rings. The van der Waals surface area contributed by atoms with E-state index in [0.29, 0.717) is 38.5 Å². The second-order valence-electron chi connectivity index (χ2n) is 3.82. The van der Waals surface area contributed by atoms with Crippen LogP contribution in [0.1, 0.15) is 6.42 Å². The molecule has 19 heavy (non-hydrogen) atoms. The fourth-order valence-corrected chi connectivity index (χ4v) is 2.87. The Hall–Kier alpha value is -1.02. The van der Waals surface area contributed by atoms with Crippen molar-refractivity contribution in [2.24, 2.45) is 5.73 Å². The van der Waals surface area contributed by atoms with Gasteiger partial charge in [0.05, 0.1) is 0 Å². The summed E-state index contributed by atoms with van der Waals surface area (Å²) < 4.78 is 37.4. The largest absolute Gasteiger partial charge is 0.486 e. The first kappa shape index (κ1) is 16.0. The predicted octanol–water partition coefficient (Wildman–Crippen LogP) is 0.507. The Bertz CT molecular complexity index is 521. The summed E-state index contributed by atoms with van der Waals surface area (Å²) in [7, 11) is -3.58. The molecule has 0 saturated carbocycles. The highest BCUT2D eigenvalue weighted by Gasteiger charge is 2.24. The van der Waals surface area contributed by atoms with Crippen molar-refractivity contribution in [3.63, 3.8) is 0 Å². The van der Waals surface area contributed by atoms with Gasteiger partial charge in [0.1, 0.15) is 18.1 Å². The van der Waals surface area contributed by atoms with Crippen molar-refractivity contribution in [3.05, 3.63) is 18.2 Å². The van der Waals surface area contributed by atoms with Gasteiger partial charge in [-0.2, -0.15) is 0 Å². The highest BCUT2D eigenvalue weighted by Crippen LogP contribution is 2.36. The molecule has 0 saturated heterocycles. The van der Waals surface area contributed by atoms with E-state index in [9.17, 15) is 8.42 Å². The molecule has 6 nitrogen and oxygen atoms in total. The van der Waals surface area contributed by atoms with E-state index in [1.807, 2.05) is 0 Å². The fourth-order valence-electron chi connectivity index (χ4n) is 1.64. The second-order valence-corrected chi connectivity index (χ2v) is 5.56. The van der Waals surface area contributed by atoms with Crippen LogP contribution in [0.3, 0.4) is 0 Å². The van der Waals surface area contributed by atoms with Crippen LogP contribution < -0.4 is 19.9 Å². The smallest absolute Gasteiger partial charge is 0.244 e. The molecule has 0 aliphatic carbocycles. The van der Waals surface area contributed by atoms with E-state index in [1.54, 1.807) is 12.1 Å². The van der Waals surface area contributed by atoms with Gasteiger partial charge in [-0.1, -0.05) is 6.07 Å². The van der Waals surface area contributed by atoms with E-state index in [1.165, 1.54) is 6.07 Å². The number of halogens is 1. The summed E-state index contributed by atoms with van der Waals surface area (Å²) in [6, 6.07) is 4.82. The van der Waals surface area contributed by atoms with E-state index in [-0.39, 0.29) is 23.1 Å². The average Bonchev–Trinajstić information content (AvgIpc) is 2.38. The summed E-state index contributed by atoms with van der Waals surface area (Å²) in [5.41, 5.74) is 5.33. The zero-order valence-electron chi connectivity index (χ0n) is 10.3. The summed E-state index contributed by atoms with van der Waals surface area (Å²) in [5.74, 6) is 0.743. The summed E-state index contributed by atoms with van der Waals surface area (Å²) in [4.78, 5) is 0.108. The van der Waals surface area contributed by atoms with E-state index in [2.05, 4.69) is 4.72 Å². The number of sulfonamides is 1. The number of benzene rings is 1. The topological polar surface area (TPSA) is 90.7 Å². The van der Waals surface area contributed by atoms with Crippen molar-refractivity contribution in [3.8, 4) is 11.5 Å². The first-order valence-electron chi connectivity index (χ1n) is 5.73. The molecule has 0 spiro atoms. The lowest BCUT2D eigenvalue weighted by atomic mass is 10.3. The minimum atomic E-state index is -3.58. The Kier molecular flexibility index (Phi) is 5.86. The monoisotopic (exact) mass is 308 g/mol. The third-order valence-electron chi connectivity index (χ3n) is 2.49. The van der Waals surface area contributed by atoms with E-state index in [4.69, 9.17) is 15.2 Å². The summed E-state index contributed by atoms with van der Waals surface area (Å²) in [5, 5.41) is 0. The first-order chi connectivity index (χ1) is 8.65. The van der Waals surface area contributed by atoms with E-state index in [0.717, 1.165) is 0 Å². The minimum Gasteiger partial charge on any atom is -0.486 e. The number of nitrogens with two attached hydrogens (primary N) is 1. The Morgan fingerprint density at radius 3 is 2.74 bits per heavy atom. The van der Waals surface area contributed by atoms with Crippen molar-refractivity contribution in [2.45, 2.75) is 11.3 Å². The van der Waals surface area contributed by atoms with Crippen molar-refractivity contribution >= 4 is 22.4 Å². The van der Waals surface area contributed by atoms with Crippen LogP contribution >= 0.6 is 12.4 Å². The van der Waals surface area contributed by atoms with Gasteiger partial charge in [0, 0.05) is 6.54 Å². The normalized spacial score (nSPS) is 13.7. The second kappa shape index (κ2) is 6.95. The molecular weight excluding hydrogens is 292 g/mol. The van der Waals surface area contributed by atoms with Crippen LogP contribution in [0.15, 0.2) is 23.1 Å². The van der Waals surface area contributed by atoms with E-state index < -0.39 is 10.0 Å². The van der Waals surface area contributed by atoms with Crippen molar-refractivity contribution in [1.29, 1.82) is 0 Å². The van der Waals surface area contributed by atoms with Crippen molar-refractivity contribution in [1.82, 2.24) is 4.72 Å². The Labute approximate surface area is 118 Å². The number of para-hydroxylation sites is 1. The number of fused-ring (bicyclic) bond motifs is 1. The van der Waals surface area contributed by atoms with Gasteiger partial charge < -0.3 is 15.2 Å². The summed E-state index contributed by atoms with van der Waals surface area (Å²) >= 11 is 0. The summed E-state index contributed by atoms with van der Waals surface area (Å²) in [6.07, 6.45) is 0.589. The highest BCUT2D eigenvalue weighted by atomic mass is 35.5. The lowest BCUT2D eigenvalue weighted by Gasteiger charge is -2.20. The molecule has 1 heterocycles. The quantitative estimate of drug-likeness (QED) is 0.773. The van der Waals surface area contributed by atoms with E-state index >= 15 is 0 Å². The zero-order chi connectivity index (χ0) is 13.0. The first-order valence-corrected chi connectivity index (χ1v) is 7.22. The van der Waals surface area contributed by atoms with Gasteiger partial charge in [0.25, 0.3) is 0 Å². The molecule has 0 bridgehead atoms. The van der Waals surface area contributed by atoms with Crippen LogP contribution in [0, 0.1) is 0 Å². The molecule has 108 valence electrons. The predicted molar refractivity (Wildman–Crippen MR) is 73.5 cm³/mol. The Morgan fingerprint density at radius 1 is 1.26 bits per heavy atom. The van der Waals surface area contributed by atoms with Gasteiger partial charge in [-0.05, 0) is 25.1 Å². The molecule has 0 amide bonds. The molecule has 0 unspecified atom stereocenters. The van der Waals surface area contributed by atoms with Crippen LogP contribution in [0.2, 0.25) is 0 Å². The fraction of sp³-hybridized carbons (Fsp3) is 0.455. The number of hydrogen-bond donors (Lipinski definition) is 2. The number of hydrogen-bond acceptors (Lipinski definition) is 5. The molecule has 0 atom stereocenters. The van der Waals surface area contributed by atoms with Crippen LogP contribution in [-0.4, -0.2) is 34.7 Å². The zero-order valence-corrected chi connectivity index (χ0v) is 11.9. The lowest BCUT2D eigenvalue weighted by molar-refractivity contribution is 0.167. The van der Waals surface area contributed by atoms with Gasteiger partial charge in [-0.15, -0.1) is 12.4 Å². The highest BCUT2D eigenvalue weighted by molar-refractivity contribution is 7.89. The number of ether oxygens (including phenoxy) is 2. The average molecular weight is 309 g/mol. The molecule has 3 N–H and O–H groups in total. The van der Waals surface area contributed by atoms with Crippen molar-refractivity contribution < 1.29 is 17.9 Å². The van der Waals surface area contributed by atoms with Gasteiger partial charge in [-0.25, -0.2) is 13.1 Å². The Morgan fingerprint density at radius 2 is 2.00 bits per heavy atom. The molecule has 0 fully saturated rings. The third kappa shape index (κ3) is 3.73. The minimum absolute atomic E-state index is 0. The SMILES string of the molecule is Cl.NCCCNS(=O)(=O)c1cccc2c1OCCO2. The maximum absolute atomic E-state index is 12.1. The maximum Gasteiger partial charge on any atom is 0.244 e. The third-order valence-corrected chi connectivity index (χ3v) is 3.98.